The quantitative estimate of drug-likeness (QED) is 0.850. The monoisotopic (exact) mass is 287 g/mol. The molecular formula is C14H16F3NO2. The number of carbonyl (C=O) groups is 1. The van der Waals surface area contributed by atoms with E-state index in [2.05, 4.69) is 10.1 Å². The molecule has 1 aliphatic rings. The Morgan fingerprint density at radius 2 is 1.95 bits per heavy atom. The number of alkyl halides is 3. The molecule has 0 spiro atoms. The van der Waals surface area contributed by atoms with Crippen LogP contribution >= 0.6 is 0 Å². The summed E-state index contributed by atoms with van der Waals surface area (Å²) in [6.07, 6.45) is -3.13. The summed E-state index contributed by atoms with van der Waals surface area (Å²) in [4.78, 5) is 11.4. The Morgan fingerprint density at radius 3 is 2.50 bits per heavy atom. The summed E-state index contributed by atoms with van der Waals surface area (Å²) in [6.45, 7) is 1.42. The summed E-state index contributed by atoms with van der Waals surface area (Å²) < 4.78 is 44.0. The van der Waals surface area contributed by atoms with E-state index in [4.69, 9.17) is 0 Å². The number of esters is 1. The lowest BCUT2D eigenvalue weighted by molar-refractivity contribution is -0.138. The summed E-state index contributed by atoms with van der Waals surface area (Å²) in [5.74, 6) is -0.882. The number of carbonyl (C=O) groups excluding carboxylic acids is 1. The lowest BCUT2D eigenvalue weighted by atomic mass is 9.86. The fourth-order valence-corrected chi connectivity index (χ4v) is 2.54. The van der Waals surface area contributed by atoms with E-state index >= 15 is 0 Å². The Balaban J connectivity index is 2.42. The fraction of sp³-hybridized carbons (Fsp3) is 0.500. The number of halogens is 3. The number of methoxy groups -OCH3 is 1. The molecule has 2 rings (SSSR count). The maximum Gasteiger partial charge on any atom is 0.416 e. The number of nitrogens with one attached hydrogen (secondary N) is 1. The first-order valence-electron chi connectivity index (χ1n) is 6.43. The Hall–Kier alpha value is -1.56. The molecule has 1 aliphatic heterocycles. The molecule has 0 aliphatic carbocycles. The van der Waals surface area contributed by atoms with Gasteiger partial charge in [0.2, 0.25) is 0 Å². The zero-order valence-electron chi connectivity index (χ0n) is 11.1. The van der Waals surface area contributed by atoms with E-state index in [1.165, 1.54) is 12.1 Å². The Bertz CT molecular complexity index is 494. The van der Waals surface area contributed by atoms with Gasteiger partial charge in [-0.25, -0.2) is 4.79 Å². The summed E-state index contributed by atoms with van der Waals surface area (Å²) in [5.41, 5.74) is -0.531. The van der Waals surface area contributed by atoms with Crippen LogP contribution in [0.25, 0.3) is 0 Å². The van der Waals surface area contributed by atoms with Crippen LogP contribution in [0.3, 0.4) is 0 Å². The molecule has 1 fully saturated rings. The second-order valence-corrected chi connectivity index (χ2v) is 4.82. The number of hydrogen-bond acceptors (Lipinski definition) is 3. The Labute approximate surface area is 115 Å². The average Bonchev–Trinajstić information content (AvgIpc) is 2.46. The van der Waals surface area contributed by atoms with Crippen molar-refractivity contribution in [2.24, 2.45) is 0 Å². The highest BCUT2D eigenvalue weighted by Gasteiger charge is 2.36. The zero-order valence-corrected chi connectivity index (χ0v) is 11.1. The van der Waals surface area contributed by atoms with Crippen molar-refractivity contribution in [3.05, 3.63) is 34.9 Å². The number of rotatable bonds is 2. The second kappa shape index (κ2) is 5.83. The van der Waals surface area contributed by atoms with E-state index in [0.29, 0.717) is 25.9 Å². The highest BCUT2D eigenvalue weighted by molar-refractivity contribution is 5.89. The van der Waals surface area contributed by atoms with Crippen molar-refractivity contribution < 1.29 is 22.7 Å². The molecule has 6 heteroatoms. The van der Waals surface area contributed by atoms with E-state index in [9.17, 15) is 18.0 Å². The van der Waals surface area contributed by atoms with Crippen molar-refractivity contribution in [3.8, 4) is 0 Å². The predicted molar refractivity (Wildman–Crippen MR) is 67.6 cm³/mol. The van der Waals surface area contributed by atoms with E-state index in [0.717, 1.165) is 13.2 Å². The van der Waals surface area contributed by atoms with E-state index in [1.54, 1.807) is 0 Å². The third-order valence-electron chi connectivity index (χ3n) is 3.56. The number of ether oxygens (including phenoxy) is 1. The smallest absolute Gasteiger partial charge is 0.416 e. The number of piperidine rings is 1. The van der Waals surface area contributed by atoms with Crippen molar-refractivity contribution in [2.45, 2.75) is 24.9 Å². The minimum atomic E-state index is -4.47. The van der Waals surface area contributed by atoms with Gasteiger partial charge in [-0.05, 0) is 49.5 Å². The van der Waals surface area contributed by atoms with Crippen LogP contribution in [-0.4, -0.2) is 26.2 Å². The highest BCUT2D eigenvalue weighted by atomic mass is 19.4. The number of hydrogen-bond donors (Lipinski definition) is 1. The van der Waals surface area contributed by atoms with Gasteiger partial charge >= 0.3 is 12.1 Å². The normalized spacial score (nSPS) is 17.0. The molecule has 0 unspecified atom stereocenters. The Morgan fingerprint density at radius 1 is 1.30 bits per heavy atom. The summed E-state index contributed by atoms with van der Waals surface area (Å²) in [7, 11) is 1.15. The van der Waals surface area contributed by atoms with Crippen LogP contribution < -0.4 is 5.32 Å². The first-order chi connectivity index (χ1) is 9.43. The first-order valence-corrected chi connectivity index (χ1v) is 6.43. The van der Waals surface area contributed by atoms with Gasteiger partial charge in [0.15, 0.2) is 0 Å². The molecule has 1 aromatic carbocycles. The van der Waals surface area contributed by atoms with Crippen molar-refractivity contribution in [1.29, 1.82) is 0 Å². The van der Waals surface area contributed by atoms with Crippen molar-refractivity contribution in [1.82, 2.24) is 5.32 Å². The van der Waals surface area contributed by atoms with Crippen LogP contribution in [-0.2, 0) is 10.9 Å². The maximum atomic E-state index is 13.2. The lowest BCUT2D eigenvalue weighted by Crippen LogP contribution is -2.28. The van der Waals surface area contributed by atoms with Gasteiger partial charge in [-0.1, -0.05) is 6.07 Å². The summed E-state index contributed by atoms with van der Waals surface area (Å²) in [5, 5.41) is 3.13. The minimum Gasteiger partial charge on any atom is -0.465 e. The molecular weight excluding hydrogens is 271 g/mol. The molecule has 0 radical (unpaired) electrons. The zero-order chi connectivity index (χ0) is 14.8. The van der Waals surface area contributed by atoms with Gasteiger partial charge < -0.3 is 10.1 Å². The first kappa shape index (κ1) is 14.8. The van der Waals surface area contributed by atoms with Crippen LogP contribution in [0.4, 0.5) is 13.2 Å². The molecule has 1 saturated heterocycles. The van der Waals surface area contributed by atoms with Crippen LogP contribution in [0.15, 0.2) is 18.2 Å². The molecule has 0 amide bonds. The molecule has 110 valence electrons. The van der Waals surface area contributed by atoms with Crippen LogP contribution in [0.2, 0.25) is 0 Å². The van der Waals surface area contributed by atoms with Gasteiger partial charge in [0.1, 0.15) is 0 Å². The fourth-order valence-electron chi connectivity index (χ4n) is 2.54. The van der Waals surface area contributed by atoms with Gasteiger partial charge in [0.05, 0.1) is 18.2 Å². The summed E-state index contributed by atoms with van der Waals surface area (Å²) >= 11 is 0. The Kier molecular flexibility index (Phi) is 4.32. The number of benzene rings is 1. The molecule has 1 heterocycles. The standard InChI is InChI=1S/C14H16F3NO2/c1-20-13(19)10-2-3-11(9-4-6-18-7-5-9)12(8-10)14(15,16)17/h2-3,8-9,18H,4-7H2,1H3. The molecule has 3 nitrogen and oxygen atoms in total. The predicted octanol–water partition coefficient (Wildman–Crippen LogP) is 2.96. The van der Waals surface area contributed by atoms with Crippen molar-refractivity contribution in [2.75, 3.05) is 20.2 Å². The molecule has 0 saturated carbocycles. The molecule has 20 heavy (non-hydrogen) atoms. The van der Waals surface area contributed by atoms with Gasteiger partial charge in [-0.3, -0.25) is 0 Å². The third kappa shape index (κ3) is 3.12. The van der Waals surface area contributed by atoms with E-state index < -0.39 is 17.7 Å². The topological polar surface area (TPSA) is 38.3 Å². The molecule has 0 aromatic heterocycles. The van der Waals surface area contributed by atoms with Gasteiger partial charge in [0.25, 0.3) is 0 Å². The lowest BCUT2D eigenvalue weighted by Gasteiger charge is -2.26. The maximum absolute atomic E-state index is 13.2. The minimum absolute atomic E-state index is 0.0718. The summed E-state index contributed by atoms with van der Waals surface area (Å²) in [6, 6.07) is 3.70. The highest BCUT2D eigenvalue weighted by Crippen LogP contribution is 2.38. The molecule has 0 atom stereocenters. The van der Waals surface area contributed by atoms with E-state index in [1.807, 2.05) is 0 Å². The van der Waals surface area contributed by atoms with Crippen molar-refractivity contribution >= 4 is 5.97 Å². The molecule has 1 aromatic rings. The SMILES string of the molecule is COC(=O)c1ccc(C2CCNCC2)c(C(F)(F)F)c1. The van der Waals surface area contributed by atoms with Gasteiger partial charge in [0, 0.05) is 0 Å². The van der Waals surface area contributed by atoms with Gasteiger partial charge in [-0.15, -0.1) is 0 Å². The second-order valence-electron chi connectivity index (χ2n) is 4.82. The van der Waals surface area contributed by atoms with Crippen LogP contribution in [0.1, 0.15) is 40.2 Å². The van der Waals surface area contributed by atoms with Gasteiger partial charge in [-0.2, -0.15) is 13.2 Å². The molecule has 0 bridgehead atoms. The van der Waals surface area contributed by atoms with Crippen molar-refractivity contribution in [3.63, 3.8) is 0 Å². The van der Waals surface area contributed by atoms with Crippen LogP contribution in [0, 0.1) is 0 Å². The third-order valence-corrected chi connectivity index (χ3v) is 3.56. The van der Waals surface area contributed by atoms with Crippen LogP contribution in [0.5, 0.6) is 0 Å². The largest absolute Gasteiger partial charge is 0.465 e. The van der Waals surface area contributed by atoms with E-state index in [-0.39, 0.29) is 17.0 Å². The average molecular weight is 287 g/mol. The molecule has 1 N–H and O–H groups in total.